The van der Waals surface area contributed by atoms with Gasteiger partial charge in [-0.2, -0.15) is 0 Å². The number of nitrogens with one attached hydrogen (secondary N) is 1. The van der Waals surface area contributed by atoms with Crippen LogP contribution in [0.5, 0.6) is 0 Å². The molecular weight excluding hydrogens is 310 g/mol. The molecule has 0 saturated carbocycles. The lowest BCUT2D eigenvalue weighted by Crippen LogP contribution is -2.37. The van der Waals surface area contributed by atoms with E-state index in [1.54, 1.807) is 12.3 Å². The Kier molecular flexibility index (Phi) is 5.39. The molecule has 3 rings (SSSR count). The summed E-state index contributed by atoms with van der Waals surface area (Å²) in [6.45, 7) is 3.77. The minimum absolute atomic E-state index is 0.114. The Labute approximate surface area is 139 Å². The molecular formula is C17H19N3O2S. The van der Waals surface area contributed by atoms with Gasteiger partial charge in [0.05, 0.1) is 13.2 Å². The van der Waals surface area contributed by atoms with Crippen molar-refractivity contribution in [3.63, 3.8) is 0 Å². The largest absolute Gasteiger partial charge is 0.378 e. The standard InChI is InChI=1S/C17H19N3O2S/c21-16(5-6-17-18-7-12-23-17)19-13-14-3-1-2-4-15(14)20-8-10-22-11-9-20/h1-7,12H,8-11,13H2,(H,19,21). The fourth-order valence-corrected chi connectivity index (χ4v) is 3.01. The fourth-order valence-electron chi connectivity index (χ4n) is 2.48. The van der Waals surface area contributed by atoms with Crippen molar-refractivity contribution in [2.75, 3.05) is 31.2 Å². The maximum absolute atomic E-state index is 11.9. The van der Waals surface area contributed by atoms with Gasteiger partial charge in [0.1, 0.15) is 5.01 Å². The van der Waals surface area contributed by atoms with E-state index < -0.39 is 0 Å². The lowest BCUT2D eigenvalue weighted by Gasteiger charge is -2.30. The third kappa shape index (κ3) is 4.40. The quantitative estimate of drug-likeness (QED) is 0.855. The molecule has 0 aliphatic carbocycles. The topological polar surface area (TPSA) is 54.5 Å². The summed E-state index contributed by atoms with van der Waals surface area (Å²) in [7, 11) is 0. The number of thiazole rings is 1. The summed E-state index contributed by atoms with van der Waals surface area (Å²) in [4.78, 5) is 18.4. The molecule has 5 nitrogen and oxygen atoms in total. The van der Waals surface area contributed by atoms with Crippen LogP contribution >= 0.6 is 11.3 Å². The highest BCUT2D eigenvalue weighted by molar-refractivity contribution is 7.10. The number of aromatic nitrogens is 1. The Bertz CT molecular complexity index is 664. The molecule has 1 aliphatic heterocycles. The summed E-state index contributed by atoms with van der Waals surface area (Å²) >= 11 is 1.50. The van der Waals surface area contributed by atoms with Crippen LogP contribution < -0.4 is 10.2 Å². The van der Waals surface area contributed by atoms with E-state index in [0.717, 1.165) is 36.9 Å². The van der Waals surface area contributed by atoms with Crippen LogP contribution in [-0.4, -0.2) is 37.2 Å². The van der Waals surface area contributed by atoms with Crippen LogP contribution in [0.3, 0.4) is 0 Å². The molecule has 2 heterocycles. The molecule has 1 aromatic heterocycles. The Morgan fingerprint density at radius 2 is 2.17 bits per heavy atom. The number of rotatable bonds is 5. The molecule has 23 heavy (non-hydrogen) atoms. The van der Waals surface area contributed by atoms with Crippen molar-refractivity contribution in [2.24, 2.45) is 0 Å². The van der Waals surface area contributed by atoms with Crippen LogP contribution in [-0.2, 0) is 16.1 Å². The van der Waals surface area contributed by atoms with Crippen molar-refractivity contribution < 1.29 is 9.53 Å². The monoisotopic (exact) mass is 329 g/mol. The number of amides is 1. The molecule has 0 spiro atoms. The molecule has 120 valence electrons. The summed E-state index contributed by atoms with van der Waals surface area (Å²) in [5.74, 6) is -0.114. The number of carbonyl (C=O) groups is 1. The summed E-state index contributed by atoms with van der Waals surface area (Å²) in [5, 5.41) is 5.65. The minimum Gasteiger partial charge on any atom is -0.378 e. The first kappa shape index (κ1) is 15.7. The zero-order valence-corrected chi connectivity index (χ0v) is 13.6. The van der Waals surface area contributed by atoms with Crippen LogP contribution in [0.2, 0.25) is 0 Å². The molecule has 1 fully saturated rings. The van der Waals surface area contributed by atoms with Crippen molar-refractivity contribution in [1.82, 2.24) is 10.3 Å². The van der Waals surface area contributed by atoms with Gasteiger partial charge in [-0.1, -0.05) is 18.2 Å². The van der Waals surface area contributed by atoms with Crippen LogP contribution in [0, 0.1) is 0 Å². The SMILES string of the molecule is O=C(C=Cc1nccs1)NCc1ccccc1N1CCOCC1. The van der Waals surface area contributed by atoms with Crippen molar-refractivity contribution in [2.45, 2.75) is 6.54 Å². The normalized spacial score (nSPS) is 15.0. The fraction of sp³-hybridized carbons (Fsp3) is 0.294. The molecule has 0 radical (unpaired) electrons. The smallest absolute Gasteiger partial charge is 0.244 e. The predicted octanol–water partition coefficient (Wildman–Crippen LogP) is 2.31. The number of para-hydroxylation sites is 1. The molecule has 1 amide bonds. The third-order valence-corrected chi connectivity index (χ3v) is 4.37. The summed E-state index contributed by atoms with van der Waals surface area (Å²) in [6.07, 6.45) is 4.98. The highest BCUT2D eigenvalue weighted by Gasteiger charge is 2.14. The Morgan fingerprint density at radius 3 is 2.96 bits per heavy atom. The molecule has 1 N–H and O–H groups in total. The first-order valence-electron chi connectivity index (χ1n) is 7.59. The predicted molar refractivity (Wildman–Crippen MR) is 92.5 cm³/mol. The van der Waals surface area contributed by atoms with Gasteiger partial charge in [0, 0.05) is 43.0 Å². The van der Waals surface area contributed by atoms with Gasteiger partial charge in [-0.3, -0.25) is 4.79 Å². The van der Waals surface area contributed by atoms with E-state index in [2.05, 4.69) is 27.3 Å². The number of morpholine rings is 1. The number of benzene rings is 1. The number of carbonyl (C=O) groups excluding carboxylic acids is 1. The average Bonchev–Trinajstić information content (AvgIpc) is 3.13. The maximum Gasteiger partial charge on any atom is 0.244 e. The van der Waals surface area contributed by atoms with E-state index in [9.17, 15) is 4.79 Å². The average molecular weight is 329 g/mol. The van der Waals surface area contributed by atoms with Crippen molar-refractivity contribution in [3.05, 3.63) is 52.5 Å². The molecule has 1 aliphatic rings. The van der Waals surface area contributed by atoms with Crippen molar-refractivity contribution in [1.29, 1.82) is 0 Å². The number of hydrogen-bond acceptors (Lipinski definition) is 5. The van der Waals surface area contributed by atoms with Gasteiger partial charge in [-0.25, -0.2) is 4.98 Å². The van der Waals surface area contributed by atoms with E-state index in [1.165, 1.54) is 23.1 Å². The Balaban J connectivity index is 1.60. The van der Waals surface area contributed by atoms with E-state index in [0.29, 0.717) is 6.54 Å². The molecule has 2 aromatic rings. The Hall–Kier alpha value is -2.18. The zero-order valence-electron chi connectivity index (χ0n) is 12.8. The molecule has 0 atom stereocenters. The number of nitrogens with zero attached hydrogens (tertiary/aromatic N) is 2. The van der Waals surface area contributed by atoms with Gasteiger partial charge < -0.3 is 15.0 Å². The second kappa shape index (κ2) is 7.89. The lowest BCUT2D eigenvalue weighted by molar-refractivity contribution is -0.116. The highest BCUT2D eigenvalue weighted by atomic mass is 32.1. The first-order valence-corrected chi connectivity index (χ1v) is 8.47. The van der Waals surface area contributed by atoms with E-state index in [1.807, 2.05) is 17.5 Å². The van der Waals surface area contributed by atoms with Crippen LogP contribution in [0.25, 0.3) is 6.08 Å². The van der Waals surface area contributed by atoms with Crippen LogP contribution in [0.1, 0.15) is 10.6 Å². The van der Waals surface area contributed by atoms with E-state index in [4.69, 9.17) is 4.74 Å². The molecule has 6 heteroatoms. The van der Waals surface area contributed by atoms with Gasteiger partial charge in [-0.05, 0) is 17.7 Å². The van der Waals surface area contributed by atoms with Gasteiger partial charge >= 0.3 is 0 Å². The second-order valence-corrected chi connectivity index (χ2v) is 6.08. The first-order chi connectivity index (χ1) is 11.3. The second-order valence-electron chi connectivity index (χ2n) is 5.15. The summed E-state index contributed by atoms with van der Waals surface area (Å²) < 4.78 is 5.40. The summed E-state index contributed by atoms with van der Waals surface area (Å²) in [5.41, 5.74) is 2.28. The summed E-state index contributed by atoms with van der Waals surface area (Å²) in [6, 6.07) is 8.17. The van der Waals surface area contributed by atoms with Crippen molar-refractivity contribution in [3.8, 4) is 0 Å². The maximum atomic E-state index is 11.9. The molecule has 0 bridgehead atoms. The number of anilines is 1. The Morgan fingerprint density at radius 1 is 1.35 bits per heavy atom. The van der Waals surface area contributed by atoms with E-state index >= 15 is 0 Å². The van der Waals surface area contributed by atoms with Crippen molar-refractivity contribution >= 4 is 29.0 Å². The molecule has 1 aromatic carbocycles. The highest BCUT2D eigenvalue weighted by Crippen LogP contribution is 2.21. The lowest BCUT2D eigenvalue weighted by atomic mass is 10.1. The van der Waals surface area contributed by atoms with E-state index in [-0.39, 0.29) is 5.91 Å². The third-order valence-electron chi connectivity index (χ3n) is 3.63. The number of ether oxygens (including phenoxy) is 1. The molecule has 1 saturated heterocycles. The van der Waals surface area contributed by atoms with Gasteiger partial charge in [0.15, 0.2) is 0 Å². The van der Waals surface area contributed by atoms with Gasteiger partial charge in [0.25, 0.3) is 0 Å². The number of hydrogen-bond donors (Lipinski definition) is 1. The van der Waals surface area contributed by atoms with Gasteiger partial charge in [-0.15, -0.1) is 11.3 Å². The van der Waals surface area contributed by atoms with Crippen LogP contribution in [0.4, 0.5) is 5.69 Å². The zero-order chi connectivity index (χ0) is 15.9. The van der Waals surface area contributed by atoms with Gasteiger partial charge in [0.2, 0.25) is 5.91 Å². The van der Waals surface area contributed by atoms with Crippen LogP contribution in [0.15, 0.2) is 41.9 Å². The minimum atomic E-state index is -0.114. The molecule has 0 unspecified atom stereocenters.